The van der Waals surface area contributed by atoms with E-state index >= 15 is 0 Å². The number of hydrogen-bond acceptors (Lipinski definition) is 2. The summed E-state index contributed by atoms with van der Waals surface area (Å²) in [4.78, 5) is 11.7. The van der Waals surface area contributed by atoms with E-state index in [-0.39, 0.29) is 5.63 Å². The normalized spacial score (nSPS) is 11.1. The van der Waals surface area contributed by atoms with E-state index in [0.29, 0.717) is 11.0 Å². The van der Waals surface area contributed by atoms with E-state index in [1.54, 1.807) is 6.07 Å². The van der Waals surface area contributed by atoms with Crippen molar-refractivity contribution in [2.45, 2.75) is 0 Å². The summed E-state index contributed by atoms with van der Waals surface area (Å²) in [7, 11) is 0. The van der Waals surface area contributed by atoms with Crippen molar-refractivity contribution in [3.8, 4) is 0 Å². The van der Waals surface area contributed by atoms with Crippen LogP contribution in [-0.4, -0.2) is 0 Å². The highest BCUT2D eigenvalue weighted by molar-refractivity contribution is 14.1. The van der Waals surface area contributed by atoms with Gasteiger partial charge in [0.15, 0.2) is 0 Å². The monoisotopic (exact) mass is 322 g/mol. The van der Waals surface area contributed by atoms with Gasteiger partial charge in [0.1, 0.15) is 5.58 Å². The molecule has 0 fully saturated rings. The largest absolute Gasteiger partial charge is 0.422 e. The molecule has 0 N–H and O–H groups in total. The summed E-state index contributed by atoms with van der Waals surface area (Å²) < 4.78 is 6.40. The molecule has 2 nitrogen and oxygen atoms in total. The molecule has 0 aliphatic carbocycles. The molecule has 0 saturated heterocycles. The van der Waals surface area contributed by atoms with Crippen molar-refractivity contribution in [3.05, 3.63) is 56.5 Å². The second-order valence-corrected chi connectivity index (χ2v) is 4.82. The van der Waals surface area contributed by atoms with E-state index < -0.39 is 0 Å². The zero-order chi connectivity index (χ0) is 11.1. The first-order valence-corrected chi connectivity index (χ1v) is 5.95. The molecule has 0 radical (unpaired) electrons. The third-order valence-corrected chi connectivity index (χ3v) is 3.25. The Kier molecular flexibility index (Phi) is 2.21. The molecule has 0 spiro atoms. The molecule has 2 aromatic carbocycles. The van der Waals surface area contributed by atoms with Crippen LogP contribution in [0.3, 0.4) is 0 Å². The summed E-state index contributed by atoms with van der Waals surface area (Å²) in [6, 6.07) is 13.3. The second kappa shape index (κ2) is 3.59. The van der Waals surface area contributed by atoms with Crippen molar-refractivity contribution in [2.24, 2.45) is 0 Å². The lowest BCUT2D eigenvalue weighted by Crippen LogP contribution is -1.99. The van der Waals surface area contributed by atoms with Crippen molar-refractivity contribution in [3.63, 3.8) is 0 Å². The summed E-state index contributed by atoms with van der Waals surface area (Å²) in [6.45, 7) is 0. The molecule has 1 aromatic heterocycles. The first kappa shape index (κ1) is 9.84. The number of rotatable bonds is 0. The van der Waals surface area contributed by atoms with Gasteiger partial charge in [-0.05, 0) is 52.2 Å². The molecule has 0 amide bonds. The van der Waals surface area contributed by atoms with E-state index in [2.05, 4.69) is 22.6 Å². The van der Waals surface area contributed by atoms with E-state index in [9.17, 15) is 4.79 Å². The molecule has 0 saturated carbocycles. The van der Waals surface area contributed by atoms with Crippen LogP contribution >= 0.6 is 22.6 Å². The van der Waals surface area contributed by atoms with Crippen LogP contribution in [0.25, 0.3) is 21.7 Å². The van der Waals surface area contributed by atoms with Crippen LogP contribution in [-0.2, 0) is 0 Å². The molecule has 1 heterocycles. The highest BCUT2D eigenvalue weighted by atomic mass is 127. The zero-order valence-corrected chi connectivity index (χ0v) is 10.4. The van der Waals surface area contributed by atoms with Crippen molar-refractivity contribution in [1.29, 1.82) is 0 Å². The standard InChI is InChI=1S/C13H7IO2/c14-8-5-6-12-11(7-8)9-3-1-2-4-10(9)13(15)16-12/h1-7H. The van der Waals surface area contributed by atoms with Gasteiger partial charge in [0.05, 0.1) is 5.39 Å². The van der Waals surface area contributed by atoms with Crippen LogP contribution in [0.15, 0.2) is 51.7 Å². The van der Waals surface area contributed by atoms with E-state index in [1.807, 2.05) is 36.4 Å². The Morgan fingerprint density at radius 2 is 1.69 bits per heavy atom. The van der Waals surface area contributed by atoms with Crippen molar-refractivity contribution in [1.82, 2.24) is 0 Å². The molecule has 0 atom stereocenters. The van der Waals surface area contributed by atoms with Crippen LogP contribution < -0.4 is 5.63 Å². The molecule has 3 heteroatoms. The number of halogens is 1. The fraction of sp³-hybridized carbons (Fsp3) is 0. The Balaban J connectivity index is 2.66. The summed E-state index contributed by atoms with van der Waals surface area (Å²) in [6.07, 6.45) is 0. The molecule has 0 aliphatic heterocycles. The van der Waals surface area contributed by atoms with Gasteiger partial charge in [-0.15, -0.1) is 0 Å². The Morgan fingerprint density at radius 1 is 0.938 bits per heavy atom. The predicted octanol–water partition coefficient (Wildman–Crippen LogP) is 3.55. The fourth-order valence-corrected chi connectivity index (χ4v) is 2.34. The lowest BCUT2D eigenvalue weighted by Gasteiger charge is -2.02. The zero-order valence-electron chi connectivity index (χ0n) is 8.24. The number of fused-ring (bicyclic) bond motifs is 3. The fourth-order valence-electron chi connectivity index (χ4n) is 1.85. The average Bonchev–Trinajstić information content (AvgIpc) is 2.31. The van der Waals surface area contributed by atoms with E-state index in [1.165, 1.54) is 0 Å². The van der Waals surface area contributed by atoms with Gasteiger partial charge in [0.25, 0.3) is 0 Å². The average molecular weight is 322 g/mol. The number of hydrogen-bond donors (Lipinski definition) is 0. The Hall–Kier alpha value is -1.36. The summed E-state index contributed by atoms with van der Waals surface area (Å²) in [5.41, 5.74) is 0.369. The maximum Gasteiger partial charge on any atom is 0.344 e. The first-order valence-electron chi connectivity index (χ1n) is 4.87. The molecular weight excluding hydrogens is 315 g/mol. The third-order valence-electron chi connectivity index (χ3n) is 2.58. The lowest BCUT2D eigenvalue weighted by molar-refractivity contribution is 0.569. The van der Waals surface area contributed by atoms with Gasteiger partial charge in [-0.2, -0.15) is 0 Å². The maximum atomic E-state index is 11.7. The van der Waals surface area contributed by atoms with Crippen LogP contribution in [0.1, 0.15) is 0 Å². The third kappa shape index (κ3) is 1.43. The quantitative estimate of drug-likeness (QED) is 0.360. The molecule has 0 unspecified atom stereocenters. The summed E-state index contributed by atoms with van der Waals surface area (Å²) in [5.74, 6) is 0. The first-order chi connectivity index (χ1) is 7.75. The predicted molar refractivity (Wildman–Crippen MR) is 72.7 cm³/mol. The minimum Gasteiger partial charge on any atom is -0.422 e. The van der Waals surface area contributed by atoms with Gasteiger partial charge in [-0.25, -0.2) is 4.79 Å². The van der Waals surface area contributed by atoms with Gasteiger partial charge in [-0.1, -0.05) is 18.2 Å². The molecular formula is C13H7IO2. The Bertz CT molecular complexity index is 744. The highest BCUT2D eigenvalue weighted by Gasteiger charge is 2.06. The van der Waals surface area contributed by atoms with Crippen LogP contribution in [0.4, 0.5) is 0 Å². The molecule has 3 rings (SSSR count). The molecule has 0 aliphatic rings. The van der Waals surface area contributed by atoms with Crippen molar-refractivity contribution in [2.75, 3.05) is 0 Å². The minimum absolute atomic E-state index is 0.274. The molecule has 0 bridgehead atoms. The van der Waals surface area contributed by atoms with Crippen LogP contribution in [0.5, 0.6) is 0 Å². The second-order valence-electron chi connectivity index (χ2n) is 3.58. The van der Waals surface area contributed by atoms with Gasteiger partial charge in [0.2, 0.25) is 0 Å². The number of benzene rings is 2. The highest BCUT2D eigenvalue weighted by Crippen LogP contribution is 2.24. The Labute approximate surface area is 105 Å². The van der Waals surface area contributed by atoms with Gasteiger partial charge in [0, 0.05) is 8.96 Å². The van der Waals surface area contributed by atoms with Crippen molar-refractivity contribution >= 4 is 44.3 Å². The molecule has 3 aromatic rings. The smallest absolute Gasteiger partial charge is 0.344 e. The maximum absolute atomic E-state index is 11.7. The van der Waals surface area contributed by atoms with Gasteiger partial charge >= 0.3 is 5.63 Å². The van der Waals surface area contributed by atoms with E-state index in [4.69, 9.17) is 4.42 Å². The SMILES string of the molecule is O=c1oc2ccc(I)cc2c2ccccc12. The van der Waals surface area contributed by atoms with Crippen LogP contribution in [0, 0.1) is 3.57 Å². The van der Waals surface area contributed by atoms with Gasteiger partial charge in [-0.3, -0.25) is 0 Å². The minimum atomic E-state index is -0.274. The summed E-state index contributed by atoms with van der Waals surface area (Å²) in [5, 5.41) is 2.58. The van der Waals surface area contributed by atoms with Crippen LogP contribution in [0.2, 0.25) is 0 Å². The Morgan fingerprint density at radius 3 is 2.50 bits per heavy atom. The van der Waals surface area contributed by atoms with Gasteiger partial charge < -0.3 is 4.42 Å². The van der Waals surface area contributed by atoms with E-state index in [0.717, 1.165) is 14.3 Å². The summed E-state index contributed by atoms with van der Waals surface area (Å²) >= 11 is 2.25. The van der Waals surface area contributed by atoms with Crippen molar-refractivity contribution < 1.29 is 4.42 Å². The lowest BCUT2D eigenvalue weighted by atomic mass is 10.1. The molecule has 78 valence electrons. The molecule has 16 heavy (non-hydrogen) atoms. The topological polar surface area (TPSA) is 30.2 Å².